The molecule has 0 N–H and O–H groups in total. The van der Waals surface area contributed by atoms with Crippen LogP contribution < -0.4 is 4.74 Å². The van der Waals surface area contributed by atoms with Crippen molar-refractivity contribution in [1.29, 1.82) is 0 Å². The Morgan fingerprint density at radius 2 is 1.97 bits per heavy atom. The molecule has 0 bridgehead atoms. The summed E-state index contributed by atoms with van der Waals surface area (Å²) in [6.07, 6.45) is 1.85. The number of carbonyl (C=O) groups excluding carboxylic acids is 1. The molecule has 0 spiro atoms. The molecule has 7 nitrogen and oxygen atoms in total. The second kappa shape index (κ2) is 10.6. The van der Waals surface area contributed by atoms with Crippen LogP contribution in [-0.4, -0.2) is 51.2 Å². The molecule has 152 valence electrons. The van der Waals surface area contributed by atoms with Crippen LogP contribution in [0.5, 0.6) is 5.75 Å². The molecular formula is C21H24ClN5O2. The molecule has 3 rings (SSSR count). The van der Waals surface area contributed by atoms with Gasteiger partial charge in [0, 0.05) is 30.6 Å². The van der Waals surface area contributed by atoms with Gasteiger partial charge in [-0.3, -0.25) is 4.79 Å². The minimum absolute atomic E-state index is 0.0937. The SMILES string of the molecule is CN(CCCOc1cccc(Cl)c1)C(=O)CCCn1nnc(-c2ccccc2)n1. The topological polar surface area (TPSA) is 73.1 Å². The van der Waals surface area contributed by atoms with Crippen LogP contribution in [-0.2, 0) is 11.3 Å². The highest BCUT2D eigenvalue weighted by Crippen LogP contribution is 2.17. The molecule has 0 unspecified atom stereocenters. The molecule has 8 heteroatoms. The first-order chi connectivity index (χ1) is 14.1. The number of hydrogen-bond acceptors (Lipinski definition) is 5. The summed E-state index contributed by atoms with van der Waals surface area (Å²) in [4.78, 5) is 15.5. The maximum absolute atomic E-state index is 12.3. The molecule has 29 heavy (non-hydrogen) atoms. The lowest BCUT2D eigenvalue weighted by atomic mass is 10.2. The summed E-state index contributed by atoms with van der Waals surface area (Å²) in [7, 11) is 1.81. The fourth-order valence-corrected chi connectivity index (χ4v) is 2.96. The molecule has 1 amide bonds. The molecule has 0 aliphatic heterocycles. The van der Waals surface area contributed by atoms with E-state index in [2.05, 4.69) is 15.4 Å². The first-order valence-corrected chi connectivity index (χ1v) is 9.95. The molecule has 0 radical (unpaired) electrons. The summed E-state index contributed by atoms with van der Waals surface area (Å²) >= 11 is 5.93. The summed E-state index contributed by atoms with van der Waals surface area (Å²) < 4.78 is 5.65. The van der Waals surface area contributed by atoms with Gasteiger partial charge < -0.3 is 9.64 Å². The van der Waals surface area contributed by atoms with E-state index in [0.717, 1.165) is 17.7 Å². The number of benzene rings is 2. The van der Waals surface area contributed by atoms with E-state index in [4.69, 9.17) is 16.3 Å². The van der Waals surface area contributed by atoms with E-state index in [1.807, 2.05) is 49.5 Å². The second-order valence-electron chi connectivity index (χ2n) is 6.65. The van der Waals surface area contributed by atoms with E-state index in [1.165, 1.54) is 4.80 Å². The van der Waals surface area contributed by atoms with Crippen LogP contribution in [0.15, 0.2) is 54.6 Å². The zero-order chi connectivity index (χ0) is 20.5. The van der Waals surface area contributed by atoms with E-state index < -0.39 is 0 Å². The molecule has 0 aliphatic rings. The van der Waals surface area contributed by atoms with Gasteiger partial charge in [-0.25, -0.2) is 0 Å². The van der Waals surface area contributed by atoms with Gasteiger partial charge in [-0.15, -0.1) is 10.2 Å². The number of tetrazole rings is 1. The Labute approximate surface area is 175 Å². The molecular weight excluding hydrogens is 390 g/mol. The highest BCUT2D eigenvalue weighted by Gasteiger charge is 2.10. The summed E-state index contributed by atoms with van der Waals surface area (Å²) in [6.45, 7) is 1.72. The normalized spacial score (nSPS) is 10.7. The van der Waals surface area contributed by atoms with Gasteiger partial charge in [-0.05, 0) is 36.3 Å². The van der Waals surface area contributed by atoms with Crippen LogP contribution in [0.25, 0.3) is 11.4 Å². The number of halogens is 1. The summed E-state index contributed by atoms with van der Waals surface area (Å²) in [6, 6.07) is 17.0. The summed E-state index contributed by atoms with van der Waals surface area (Å²) in [5.74, 6) is 1.42. The molecule has 1 heterocycles. The van der Waals surface area contributed by atoms with Crippen molar-refractivity contribution in [3.05, 3.63) is 59.6 Å². The summed E-state index contributed by atoms with van der Waals surface area (Å²) in [5.41, 5.74) is 0.926. The predicted octanol–water partition coefficient (Wildman–Crippen LogP) is 3.70. The average molecular weight is 414 g/mol. The third-order valence-corrected chi connectivity index (χ3v) is 4.60. The lowest BCUT2D eigenvalue weighted by Crippen LogP contribution is -2.28. The smallest absolute Gasteiger partial charge is 0.222 e. The molecule has 1 aromatic heterocycles. The molecule has 0 saturated carbocycles. The Bertz CT molecular complexity index is 916. The molecule has 2 aromatic carbocycles. The number of aromatic nitrogens is 4. The van der Waals surface area contributed by atoms with Crippen LogP contribution in [0.2, 0.25) is 5.02 Å². The highest BCUT2D eigenvalue weighted by molar-refractivity contribution is 6.30. The number of aryl methyl sites for hydroxylation is 1. The monoisotopic (exact) mass is 413 g/mol. The maximum Gasteiger partial charge on any atom is 0.222 e. The summed E-state index contributed by atoms with van der Waals surface area (Å²) in [5, 5.41) is 13.1. The zero-order valence-corrected chi connectivity index (χ0v) is 17.1. The average Bonchev–Trinajstić information content (AvgIpc) is 3.20. The van der Waals surface area contributed by atoms with Crippen molar-refractivity contribution in [3.8, 4) is 17.1 Å². The number of rotatable bonds is 10. The number of amides is 1. The number of nitrogens with zero attached hydrogens (tertiary/aromatic N) is 5. The van der Waals surface area contributed by atoms with Gasteiger partial charge >= 0.3 is 0 Å². The Kier molecular flexibility index (Phi) is 7.58. The van der Waals surface area contributed by atoms with Gasteiger partial charge in [-0.2, -0.15) is 4.80 Å². The Balaban J connectivity index is 1.33. The number of carbonyl (C=O) groups is 1. The lowest BCUT2D eigenvalue weighted by molar-refractivity contribution is -0.130. The van der Waals surface area contributed by atoms with E-state index in [9.17, 15) is 4.79 Å². The standard InChI is InChI=1S/C21H24ClN5O2/c1-26(13-7-15-29-19-11-5-10-18(22)16-19)20(28)12-6-14-27-24-21(23-25-27)17-8-3-2-4-9-17/h2-5,8-11,16H,6-7,12-15H2,1H3. The Morgan fingerprint density at radius 3 is 2.76 bits per heavy atom. The maximum atomic E-state index is 12.3. The minimum atomic E-state index is 0.0937. The van der Waals surface area contributed by atoms with Gasteiger partial charge in [0.25, 0.3) is 0 Å². The Hall–Kier alpha value is -2.93. The number of hydrogen-bond donors (Lipinski definition) is 0. The zero-order valence-electron chi connectivity index (χ0n) is 16.4. The van der Waals surface area contributed by atoms with Crippen molar-refractivity contribution in [2.75, 3.05) is 20.2 Å². The predicted molar refractivity (Wildman–Crippen MR) is 112 cm³/mol. The molecule has 3 aromatic rings. The van der Waals surface area contributed by atoms with Crippen molar-refractivity contribution in [1.82, 2.24) is 25.1 Å². The van der Waals surface area contributed by atoms with Crippen molar-refractivity contribution in [2.24, 2.45) is 0 Å². The first-order valence-electron chi connectivity index (χ1n) is 9.57. The van der Waals surface area contributed by atoms with E-state index in [0.29, 0.717) is 43.4 Å². The third-order valence-electron chi connectivity index (χ3n) is 4.36. The third kappa shape index (κ3) is 6.57. The van der Waals surface area contributed by atoms with E-state index in [-0.39, 0.29) is 5.91 Å². The van der Waals surface area contributed by atoms with Crippen molar-refractivity contribution in [2.45, 2.75) is 25.8 Å². The van der Waals surface area contributed by atoms with Gasteiger partial charge in [-0.1, -0.05) is 48.0 Å². The van der Waals surface area contributed by atoms with Gasteiger partial charge in [0.2, 0.25) is 11.7 Å². The first kappa shape index (κ1) is 20.8. The minimum Gasteiger partial charge on any atom is -0.493 e. The van der Waals surface area contributed by atoms with Gasteiger partial charge in [0.1, 0.15) is 5.75 Å². The van der Waals surface area contributed by atoms with Crippen LogP contribution in [0, 0.1) is 0 Å². The van der Waals surface area contributed by atoms with Gasteiger partial charge in [0.05, 0.1) is 13.2 Å². The second-order valence-corrected chi connectivity index (χ2v) is 7.09. The molecule has 0 fully saturated rings. The van der Waals surface area contributed by atoms with Crippen molar-refractivity contribution < 1.29 is 9.53 Å². The fourth-order valence-electron chi connectivity index (χ4n) is 2.78. The van der Waals surface area contributed by atoms with Crippen LogP contribution >= 0.6 is 11.6 Å². The van der Waals surface area contributed by atoms with Gasteiger partial charge in [0.15, 0.2) is 0 Å². The van der Waals surface area contributed by atoms with Crippen molar-refractivity contribution in [3.63, 3.8) is 0 Å². The quantitative estimate of drug-likeness (QED) is 0.474. The van der Waals surface area contributed by atoms with Crippen LogP contribution in [0.4, 0.5) is 0 Å². The van der Waals surface area contributed by atoms with E-state index in [1.54, 1.807) is 17.0 Å². The van der Waals surface area contributed by atoms with Crippen LogP contribution in [0.3, 0.4) is 0 Å². The largest absolute Gasteiger partial charge is 0.493 e. The van der Waals surface area contributed by atoms with Crippen molar-refractivity contribution >= 4 is 17.5 Å². The molecule has 0 aliphatic carbocycles. The highest BCUT2D eigenvalue weighted by atomic mass is 35.5. The number of ether oxygens (including phenoxy) is 1. The van der Waals surface area contributed by atoms with E-state index >= 15 is 0 Å². The Morgan fingerprint density at radius 1 is 1.14 bits per heavy atom. The van der Waals surface area contributed by atoms with Crippen LogP contribution in [0.1, 0.15) is 19.3 Å². The molecule has 0 saturated heterocycles. The molecule has 0 atom stereocenters. The fraction of sp³-hybridized carbons (Fsp3) is 0.333. The lowest BCUT2D eigenvalue weighted by Gasteiger charge is -2.17.